The highest BCUT2D eigenvalue weighted by atomic mass is 79.9. The second-order valence-corrected chi connectivity index (χ2v) is 7.33. The number of nitrogen functional groups attached to an aromatic ring is 1. The van der Waals surface area contributed by atoms with E-state index in [2.05, 4.69) is 38.7 Å². The highest BCUT2D eigenvalue weighted by molar-refractivity contribution is 9.10. The Morgan fingerprint density at radius 3 is 2.38 bits per heavy atom. The predicted molar refractivity (Wildman–Crippen MR) is 94.0 cm³/mol. The van der Waals surface area contributed by atoms with Gasteiger partial charge in [-0.2, -0.15) is 0 Å². The van der Waals surface area contributed by atoms with E-state index in [-0.39, 0.29) is 0 Å². The molecule has 3 rings (SSSR count). The quantitative estimate of drug-likeness (QED) is 0.822. The van der Waals surface area contributed by atoms with Crippen molar-refractivity contribution < 1.29 is 0 Å². The lowest BCUT2D eigenvalue weighted by Crippen LogP contribution is -2.46. The Kier molecular flexibility index (Phi) is 4.75. The summed E-state index contributed by atoms with van der Waals surface area (Å²) in [6.07, 6.45) is 6.78. The number of nitrogens with zero attached hydrogens (tertiary/aromatic N) is 2. The fourth-order valence-corrected chi connectivity index (χ4v) is 4.29. The van der Waals surface area contributed by atoms with E-state index in [0.29, 0.717) is 0 Å². The molecule has 4 heteroatoms. The summed E-state index contributed by atoms with van der Waals surface area (Å²) in [5.74, 6) is 0. The van der Waals surface area contributed by atoms with E-state index in [9.17, 15) is 0 Å². The number of anilines is 2. The molecule has 0 unspecified atom stereocenters. The van der Waals surface area contributed by atoms with Crippen molar-refractivity contribution in [2.75, 3.05) is 36.8 Å². The highest BCUT2D eigenvalue weighted by Gasteiger charge is 2.26. The van der Waals surface area contributed by atoms with Crippen LogP contribution in [0.3, 0.4) is 0 Å². The molecule has 2 heterocycles. The molecule has 116 valence electrons. The third kappa shape index (κ3) is 3.37. The number of nitrogens with two attached hydrogens (primary N) is 1. The Bertz CT molecular complexity index is 489. The number of hydrogen-bond donors (Lipinski definition) is 1. The van der Waals surface area contributed by atoms with Crippen LogP contribution in [0.15, 0.2) is 16.6 Å². The Morgan fingerprint density at radius 1 is 1.05 bits per heavy atom. The van der Waals surface area contributed by atoms with Crippen molar-refractivity contribution in [2.45, 2.75) is 45.1 Å². The summed E-state index contributed by atoms with van der Waals surface area (Å²) >= 11 is 3.68. The first-order valence-electron chi connectivity index (χ1n) is 8.20. The van der Waals surface area contributed by atoms with Crippen LogP contribution in [0, 0.1) is 6.92 Å². The number of benzene rings is 1. The monoisotopic (exact) mass is 351 g/mol. The van der Waals surface area contributed by atoms with Gasteiger partial charge in [0.15, 0.2) is 0 Å². The topological polar surface area (TPSA) is 32.5 Å². The molecule has 2 N–H and O–H groups in total. The zero-order valence-corrected chi connectivity index (χ0v) is 14.5. The zero-order valence-electron chi connectivity index (χ0n) is 12.9. The molecule has 2 aliphatic heterocycles. The van der Waals surface area contributed by atoms with Crippen LogP contribution in [0.1, 0.15) is 37.7 Å². The van der Waals surface area contributed by atoms with Gasteiger partial charge in [0.2, 0.25) is 0 Å². The first-order chi connectivity index (χ1) is 10.1. The van der Waals surface area contributed by atoms with E-state index in [1.54, 1.807) is 0 Å². The lowest BCUT2D eigenvalue weighted by Gasteiger charge is -2.41. The van der Waals surface area contributed by atoms with Crippen molar-refractivity contribution in [3.8, 4) is 0 Å². The van der Waals surface area contributed by atoms with Gasteiger partial charge in [0, 0.05) is 29.3 Å². The molecule has 0 amide bonds. The molecule has 3 nitrogen and oxygen atoms in total. The fourth-order valence-electron chi connectivity index (χ4n) is 3.68. The summed E-state index contributed by atoms with van der Waals surface area (Å²) in [6.45, 7) is 7.03. The average Bonchev–Trinajstić information content (AvgIpc) is 2.52. The molecule has 0 atom stereocenters. The van der Waals surface area contributed by atoms with E-state index in [4.69, 9.17) is 5.73 Å². The van der Waals surface area contributed by atoms with E-state index in [1.807, 2.05) is 6.07 Å². The molecular weight excluding hydrogens is 326 g/mol. The normalized spacial score (nSPS) is 21.7. The SMILES string of the molecule is Cc1cc(N2CCC(N3CCCCC3)CC2)c(Br)cc1N. The number of likely N-dealkylation sites (tertiary alicyclic amines) is 1. The third-order valence-electron chi connectivity index (χ3n) is 5.05. The molecule has 0 aliphatic carbocycles. The first-order valence-corrected chi connectivity index (χ1v) is 8.99. The molecule has 0 bridgehead atoms. The van der Waals surface area contributed by atoms with Crippen LogP contribution in [0.4, 0.5) is 11.4 Å². The average molecular weight is 352 g/mol. The first kappa shape index (κ1) is 15.2. The summed E-state index contributed by atoms with van der Waals surface area (Å²) < 4.78 is 1.13. The molecule has 1 aromatic carbocycles. The minimum atomic E-state index is 0.801. The molecule has 0 radical (unpaired) electrons. The van der Waals surface area contributed by atoms with Crippen LogP contribution in [0.25, 0.3) is 0 Å². The van der Waals surface area contributed by atoms with Gasteiger partial charge in [-0.05, 0) is 79.3 Å². The van der Waals surface area contributed by atoms with Crippen LogP contribution < -0.4 is 10.6 Å². The summed E-state index contributed by atoms with van der Waals surface area (Å²) in [7, 11) is 0. The molecule has 21 heavy (non-hydrogen) atoms. The summed E-state index contributed by atoms with van der Waals surface area (Å²) in [5, 5.41) is 0. The smallest absolute Gasteiger partial charge is 0.0514 e. The molecule has 2 saturated heterocycles. The van der Waals surface area contributed by atoms with Crippen LogP contribution in [0.2, 0.25) is 0 Å². The van der Waals surface area contributed by atoms with Gasteiger partial charge in [0.05, 0.1) is 5.69 Å². The van der Waals surface area contributed by atoms with Crippen molar-refractivity contribution >= 4 is 27.3 Å². The largest absolute Gasteiger partial charge is 0.398 e. The molecule has 0 saturated carbocycles. The minimum absolute atomic E-state index is 0.801. The fraction of sp³-hybridized carbons (Fsp3) is 0.647. The Balaban J connectivity index is 1.64. The van der Waals surface area contributed by atoms with Crippen molar-refractivity contribution in [3.05, 3.63) is 22.2 Å². The van der Waals surface area contributed by atoms with Gasteiger partial charge in [-0.3, -0.25) is 0 Å². The van der Waals surface area contributed by atoms with Crippen molar-refractivity contribution in [3.63, 3.8) is 0 Å². The highest BCUT2D eigenvalue weighted by Crippen LogP contribution is 2.33. The van der Waals surface area contributed by atoms with Gasteiger partial charge in [-0.1, -0.05) is 6.42 Å². The predicted octanol–water partition coefficient (Wildman–Crippen LogP) is 3.79. The lowest BCUT2D eigenvalue weighted by atomic mass is 9.99. The maximum absolute atomic E-state index is 5.98. The van der Waals surface area contributed by atoms with Gasteiger partial charge >= 0.3 is 0 Å². The summed E-state index contributed by atoms with van der Waals surface area (Å²) in [5.41, 5.74) is 9.33. The van der Waals surface area contributed by atoms with Gasteiger partial charge in [-0.25, -0.2) is 0 Å². The van der Waals surface area contributed by atoms with Crippen molar-refractivity contribution in [1.29, 1.82) is 0 Å². The Morgan fingerprint density at radius 2 is 1.71 bits per heavy atom. The second kappa shape index (κ2) is 6.57. The van der Waals surface area contributed by atoms with Crippen molar-refractivity contribution in [2.24, 2.45) is 0 Å². The van der Waals surface area contributed by atoms with Crippen LogP contribution >= 0.6 is 15.9 Å². The molecular formula is C17H26BrN3. The molecule has 0 aromatic heterocycles. The van der Waals surface area contributed by atoms with Crippen molar-refractivity contribution in [1.82, 2.24) is 4.90 Å². The van der Waals surface area contributed by atoms with Gasteiger partial charge in [0.1, 0.15) is 0 Å². The second-order valence-electron chi connectivity index (χ2n) is 6.48. The van der Waals surface area contributed by atoms with E-state index >= 15 is 0 Å². The van der Waals surface area contributed by atoms with Crippen LogP contribution in [-0.2, 0) is 0 Å². The maximum atomic E-state index is 5.98. The van der Waals surface area contributed by atoms with E-state index in [0.717, 1.165) is 29.3 Å². The summed E-state index contributed by atoms with van der Waals surface area (Å²) in [6, 6.07) is 5.07. The Labute approximate surface area is 136 Å². The number of aryl methyl sites for hydroxylation is 1. The molecule has 2 fully saturated rings. The number of hydrogen-bond acceptors (Lipinski definition) is 3. The third-order valence-corrected chi connectivity index (χ3v) is 5.68. The van der Waals surface area contributed by atoms with Gasteiger partial charge in [0.25, 0.3) is 0 Å². The number of halogens is 1. The molecule has 0 spiro atoms. The minimum Gasteiger partial charge on any atom is -0.398 e. The van der Waals surface area contributed by atoms with Crippen LogP contribution in [0.5, 0.6) is 0 Å². The van der Waals surface area contributed by atoms with Crippen LogP contribution in [-0.4, -0.2) is 37.1 Å². The molecule has 1 aromatic rings. The molecule has 2 aliphatic rings. The lowest BCUT2D eigenvalue weighted by molar-refractivity contribution is 0.141. The van der Waals surface area contributed by atoms with Gasteiger partial charge < -0.3 is 15.5 Å². The van der Waals surface area contributed by atoms with E-state index in [1.165, 1.54) is 56.4 Å². The van der Waals surface area contributed by atoms with E-state index < -0.39 is 0 Å². The standard InChI is InChI=1S/C17H26BrN3/c1-13-11-17(15(18)12-16(13)19)21-9-5-14(6-10-21)20-7-3-2-4-8-20/h11-12,14H,2-10,19H2,1H3. The Hall–Kier alpha value is -0.740. The summed E-state index contributed by atoms with van der Waals surface area (Å²) in [4.78, 5) is 5.24. The van der Waals surface area contributed by atoms with Gasteiger partial charge in [-0.15, -0.1) is 0 Å². The zero-order chi connectivity index (χ0) is 14.8. The number of piperidine rings is 2. The maximum Gasteiger partial charge on any atom is 0.0514 e. The number of rotatable bonds is 2.